The van der Waals surface area contributed by atoms with Gasteiger partial charge in [0.25, 0.3) is 10.0 Å². The average molecular weight is 501 g/mol. The number of hydrogen-bond acceptors (Lipinski definition) is 5. The third-order valence-electron chi connectivity index (χ3n) is 5.17. The van der Waals surface area contributed by atoms with E-state index >= 15 is 0 Å². The van der Waals surface area contributed by atoms with Crippen LogP contribution >= 0.6 is 0 Å². The van der Waals surface area contributed by atoms with Gasteiger partial charge < -0.3 is 5.32 Å². The molecule has 9 heteroatoms. The largest absolute Gasteiger partial charge is 0.326 e. The van der Waals surface area contributed by atoms with Crippen LogP contribution in [0, 0.1) is 13.8 Å². The van der Waals surface area contributed by atoms with E-state index in [0.29, 0.717) is 18.5 Å². The van der Waals surface area contributed by atoms with Gasteiger partial charge in [0.2, 0.25) is 5.91 Å². The highest BCUT2D eigenvalue weighted by molar-refractivity contribution is 7.92. The van der Waals surface area contributed by atoms with Gasteiger partial charge in [0.05, 0.1) is 21.2 Å². The van der Waals surface area contributed by atoms with E-state index in [1.807, 2.05) is 20.8 Å². The summed E-state index contributed by atoms with van der Waals surface area (Å²) in [5.74, 6) is -0.651. The van der Waals surface area contributed by atoms with Gasteiger partial charge in [0.15, 0.2) is 9.84 Å². The highest BCUT2D eigenvalue weighted by Gasteiger charge is 2.21. The molecule has 0 fully saturated rings. The lowest BCUT2D eigenvalue weighted by atomic mass is 10.2. The summed E-state index contributed by atoms with van der Waals surface area (Å²) in [6, 6.07) is 17.3. The molecular weight excluding hydrogens is 472 g/mol. The lowest BCUT2D eigenvalue weighted by Crippen LogP contribution is -2.16. The topological polar surface area (TPSA) is 109 Å². The second-order valence-electron chi connectivity index (χ2n) is 8.16. The van der Waals surface area contributed by atoms with Crippen LogP contribution in [0.25, 0.3) is 0 Å². The Bertz CT molecular complexity index is 1380. The summed E-state index contributed by atoms with van der Waals surface area (Å²) in [7, 11) is -7.74. The van der Waals surface area contributed by atoms with Gasteiger partial charge in [-0.05, 0) is 68.3 Å². The molecule has 0 radical (unpaired) electrons. The van der Waals surface area contributed by atoms with Gasteiger partial charge in [-0.3, -0.25) is 9.52 Å². The first-order valence-electron chi connectivity index (χ1n) is 10.8. The molecule has 0 aliphatic heterocycles. The third kappa shape index (κ3) is 6.45. The zero-order chi connectivity index (χ0) is 24.9. The molecule has 0 atom stereocenters. The van der Waals surface area contributed by atoms with E-state index in [0.717, 1.165) is 11.1 Å². The molecule has 0 aliphatic carbocycles. The number of amides is 1. The molecule has 0 heterocycles. The molecule has 3 rings (SSSR count). The van der Waals surface area contributed by atoms with Crippen LogP contribution in [0.15, 0.2) is 76.5 Å². The van der Waals surface area contributed by atoms with Crippen molar-refractivity contribution in [2.45, 2.75) is 49.2 Å². The van der Waals surface area contributed by atoms with Gasteiger partial charge >= 0.3 is 0 Å². The summed E-state index contributed by atoms with van der Waals surface area (Å²) in [6.07, 6.45) is 0.980. The average Bonchev–Trinajstić information content (AvgIpc) is 2.76. The summed E-state index contributed by atoms with van der Waals surface area (Å²) in [5.41, 5.74) is 2.59. The maximum absolute atomic E-state index is 13.1. The molecule has 2 N–H and O–H groups in total. The molecule has 0 spiro atoms. The maximum atomic E-state index is 13.1. The Labute approximate surface area is 201 Å². The molecule has 3 aromatic rings. The number of carbonyl (C=O) groups is 1. The van der Waals surface area contributed by atoms with E-state index in [1.165, 1.54) is 36.4 Å². The molecule has 1 amide bonds. The van der Waals surface area contributed by atoms with Gasteiger partial charge in [-0.15, -0.1) is 0 Å². The summed E-state index contributed by atoms with van der Waals surface area (Å²) in [6.45, 7) is 5.59. The van der Waals surface area contributed by atoms with Crippen molar-refractivity contribution in [2.75, 3.05) is 10.0 Å². The van der Waals surface area contributed by atoms with Gasteiger partial charge in [0.1, 0.15) is 0 Å². The van der Waals surface area contributed by atoms with Gasteiger partial charge in [-0.2, -0.15) is 0 Å². The highest BCUT2D eigenvalue weighted by Crippen LogP contribution is 2.28. The van der Waals surface area contributed by atoms with Crippen LogP contribution in [0.1, 0.15) is 36.5 Å². The first-order valence-corrected chi connectivity index (χ1v) is 14.0. The van der Waals surface area contributed by atoms with Crippen LogP contribution in [0.3, 0.4) is 0 Å². The fourth-order valence-electron chi connectivity index (χ4n) is 3.30. The van der Waals surface area contributed by atoms with Gasteiger partial charge in [-0.25, -0.2) is 16.8 Å². The summed E-state index contributed by atoms with van der Waals surface area (Å²) in [4.78, 5) is 12.2. The van der Waals surface area contributed by atoms with Crippen LogP contribution in [0.2, 0.25) is 0 Å². The predicted molar refractivity (Wildman–Crippen MR) is 134 cm³/mol. The van der Waals surface area contributed by atoms with Crippen molar-refractivity contribution >= 4 is 37.1 Å². The number of carbonyl (C=O) groups excluding carboxylic acids is 1. The fourth-order valence-corrected chi connectivity index (χ4v) is 5.76. The second-order valence-corrected chi connectivity index (χ2v) is 11.8. The molecule has 3 aromatic carbocycles. The standard InChI is InChI=1S/C25H28N2O5S2/c1-4-5-25(28)26-21-10-15-24(27-34(31,32)23-13-8-19(3)9-14-23)20(16-21)17-33(29,30)22-11-6-18(2)7-12-22/h6-16,27H,4-5,17H2,1-3H3,(H,26,28). The fraction of sp³-hybridized carbons (Fsp3) is 0.240. The minimum atomic E-state index is -3.96. The Hall–Kier alpha value is -3.17. The monoisotopic (exact) mass is 500 g/mol. The van der Waals surface area contributed by atoms with E-state index in [2.05, 4.69) is 10.0 Å². The van der Waals surface area contributed by atoms with E-state index in [-0.39, 0.29) is 26.9 Å². The summed E-state index contributed by atoms with van der Waals surface area (Å²) in [5, 5.41) is 2.73. The molecule has 180 valence electrons. The predicted octanol–water partition coefficient (Wildman–Crippen LogP) is 4.82. The normalized spacial score (nSPS) is 11.7. The quantitative estimate of drug-likeness (QED) is 0.438. The van der Waals surface area contributed by atoms with Gasteiger partial charge in [-0.1, -0.05) is 42.3 Å². The van der Waals surface area contributed by atoms with E-state index in [9.17, 15) is 21.6 Å². The lowest BCUT2D eigenvalue weighted by Gasteiger charge is -2.15. The van der Waals surface area contributed by atoms with Crippen molar-refractivity contribution in [1.29, 1.82) is 0 Å². The Morgan fingerprint density at radius 3 is 1.91 bits per heavy atom. The number of benzene rings is 3. The summed E-state index contributed by atoms with van der Waals surface area (Å²) < 4.78 is 54.6. The number of hydrogen-bond donors (Lipinski definition) is 2. The molecule has 0 aliphatic rings. The van der Waals surface area contributed by atoms with E-state index in [4.69, 9.17) is 0 Å². The van der Waals surface area contributed by atoms with Crippen molar-refractivity contribution < 1.29 is 21.6 Å². The molecule has 0 unspecified atom stereocenters. The zero-order valence-corrected chi connectivity index (χ0v) is 21.0. The Morgan fingerprint density at radius 2 is 1.35 bits per heavy atom. The Morgan fingerprint density at radius 1 is 0.794 bits per heavy atom. The van der Waals surface area contributed by atoms with Crippen LogP contribution in [-0.4, -0.2) is 22.7 Å². The SMILES string of the molecule is CCCC(=O)Nc1ccc(NS(=O)(=O)c2ccc(C)cc2)c(CS(=O)(=O)c2ccc(C)cc2)c1. The zero-order valence-electron chi connectivity index (χ0n) is 19.3. The minimum absolute atomic E-state index is 0.0609. The first-order chi connectivity index (χ1) is 16.0. The van der Waals surface area contributed by atoms with Crippen molar-refractivity contribution in [2.24, 2.45) is 0 Å². The lowest BCUT2D eigenvalue weighted by molar-refractivity contribution is -0.116. The number of aryl methyl sites for hydroxylation is 2. The number of rotatable bonds is 9. The number of sulfone groups is 1. The van der Waals surface area contributed by atoms with E-state index in [1.54, 1.807) is 30.3 Å². The maximum Gasteiger partial charge on any atom is 0.261 e. The first kappa shape index (κ1) is 25.5. The molecule has 0 aromatic heterocycles. The number of anilines is 2. The van der Waals surface area contributed by atoms with Crippen LogP contribution < -0.4 is 10.0 Å². The minimum Gasteiger partial charge on any atom is -0.326 e. The van der Waals surface area contributed by atoms with Crippen molar-refractivity contribution in [3.05, 3.63) is 83.4 Å². The van der Waals surface area contributed by atoms with Crippen LogP contribution in [-0.2, 0) is 30.4 Å². The molecule has 7 nitrogen and oxygen atoms in total. The second kappa shape index (κ2) is 10.4. The van der Waals surface area contributed by atoms with Gasteiger partial charge in [0, 0.05) is 12.1 Å². The smallest absolute Gasteiger partial charge is 0.261 e. The Kier molecular flexibility index (Phi) is 7.78. The number of nitrogens with one attached hydrogen (secondary N) is 2. The van der Waals surface area contributed by atoms with Crippen LogP contribution in [0.4, 0.5) is 11.4 Å². The highest BCUT2D eigenvalue weighted by atomic mass is 32.2. The van der Waals surface area contributed by atoms with E-state index < -0.39 is 25.6 Å². The molecule has 34 heavy (non-hydrogen) atoms. The molecular formula is C25H28N2O5S2. The number of sulfonamides is 1. The van der Waals surface area contributed by atoms with Crippen molar-refractivity contribution in [3.63, 3.8) is 0 Å². The third-order valence-corrected chi connectivity index (χ3v) is 8.23. The summed E-state index contributed by atoms with van der Waals surface area (Å²) >= 11 is 0. The Balaban J connectivity index is 2.00. The molecule has 0 bridgehead atoms. The van der Waals surface area contributed by atoms with Crippen molar-refractivity contribution in [1.82, 2.24) is 0 Å². The molecule has 0 saturated heterocycles. The van der Waals surface area contributed by atoms with Crippen molar-refractivity contribution in [3.8, 4) is 0 Å². The van der Waals surface area contributed by atoms with Crippen LogP contribution in [0.5, 0.6) is 0 Å². The molecule has 0 saturated carbocycles.